The number of rotatable bonds is 5. The van der Waals surface area contributed by atoms with Gasteiger partial charge in [-0.05, 0) is 43.7 Å². The van der Waals surface area contributed by atoms with E-state index in [2.05, 4.69) is 10.6 Å². The summed E-state index contributed by atoms with van der Waals surface area (Å²) in [5, 5.41) is 15.5. The Morgan fingerprint density at radius 3 is 2.25 bits per heavy atom. The van der Waals surface area contributed by atoms with Gasteiger partial charge in [0.15, 0.2) is 0 Å². The Hall–Kier alpha value is -2.18. The predicted octanol–water partition coefficient (Wildman–Crippen LogP) is 2.90. The van der Waals surface area contributed by atoms with Gasteiger partial charge in [0.25, 0.3) is 0 Å². The Morgan fingerprint density at radius 1 is 1.12 bits per heavy atom. The molecule has 0 bridgehead atoms. The van der Waals surface area contributed by atoms with Crippen molar-refractivity contribution in [3.8, 4) is 0 Å². The highest BCUT2D eigenvalue weighted by Gasteiger charge is 2.10. The van der Waals surface area contributed by atoms with Crippen molar-refractivity contribution in [3.05, 3.63) is 59.2 Å². The maximum atomic E-state index is 11.9. The molecule has 0 spiro atoms. The number of aliphatic hydroxyl groups is 1. The summed E-state index contributed by atoms with van der Waals surface area (Å²) in [7, 11) is -1.05. The zero-order valence-electron chi connectivity index (χ0n) is 14.0. The van der Waals surface area contributed by atoms with Crippen LogP contribution in [-0.4, -0.2) is 28.1 Å². The first-order valence-corrected chi connectivity index (χ1v) is 9.15. The van der Waals surface area contributed by atoms with E-state index in [0.717, 1.165) is 16.7 Å². The number of hydrogen-bond donors (Lipinski definition) is 3. The first-order valence-electron chi connectivity index (χ1n) is 7.60. The van der Waals surface area contributed by atoms with Gasteiger partial charge in [-0.1, -0.05) is 29.3 Å². The lowest BCUT2D eigenvalue weighted by Crippen LogP contribution is -2.32. The number of nitrogens with one attached hydrogen (secondary N) is 2. The maximum Gasteiger partial charge on any atom is 0.319 e. The molecule has 0 radical (unpaired) electrons. The minimum Gasteiger partial charge on any atom is -0.387 e. The van der Waals surface area contributed by atoms with Crippen LogP contribution in [-0.2, 0) is 10.8 Å². The van der Waals surface area contributed by atoms with Crippen LogP contribution in [0.4, 0.5) is 10.5 Å². The summed E-state index contributed by atoms with van der Waals surface area (Å²) in [6.07, 6.45) is 0.836. The molecule has 0 aliphatic heterocycles. The highest BCUT2D eigenvalue weighted by atomic mass is 32.2. The number of aliphatic hydroxyl groups excluding tert-OH is 1. The number of hydrogen-bond acceptors (Lipinski definition) is 3. The second-order valence-electron chi connectivity index (χ2n) is 5.75. The summed E-state index contributed by atoms with van der Waals surface area (Å²) in [4.78, 5) is 12.6. The second kappa shape index (κ2) is 8.08. The van der Waals surface area contributed by atoms with Gasteiger partial charge in [0.2, 0.25) is 0 Å². The van der Waals surface area contributed by atoms with Gasteiger partial charge < -0.3 is 15.7 Å². The third-order valence-electron chi connectivity index (χ3n) is 3.53. The lowest BCUT2D eigenvalue weighted by molar-refractivity contribution is 0.175. The first kappa shape index (κ1) is 18.2. The van der Waals surface area contributed by atoms with E-state index in [0.29, 0.717) is 10.6 Å². The van der Waals surface area contributed by atoms with Crippen molar-refractivity contribution in [2.75, 3.05) is 18.1 Å². The minimum atomic E-state index is -1.05. The molecule has 2 rings (SSSR count). The molecule has 2 atom stereocenters. The first-order chi connectivity index (χ1) is 11.3. The fourth-order valence-electron chi connectivity index (χ4n) is 2.41. The van der Waals surface area contributed by atoms with Crippen LogP contribution in [0.15, 0.2) is 47.4 Å². The zero-order valence-corrected chi connectivity index (χ0v) is 14.8. The summed E-state index contributed by atoms with van der Waals surface area (Å²) < 4.78 is 11.3. The van der Waals surface area contributed by atoms with Crippen molar-refractivity contribution in [3.63, 3.8) is 0 Å². The molecule has 0 unspecified atom stereocenters. The van der Waals surface area contributed by atoms with Gasteiger partial charge in [0.1, 0.15) is 0 Å². The number of urea groups is 1. The monoisotopic (exact) mass is 346 g/mol. The summed E-state index contributed by atoms with van der Waals surface area (Å²) in [6.45, 7) is 4.05. The molecule has 2 aromatic rings. The van der Waals surface area contributed by atoms with Crippen LogP contribution in [0.25, 0.3) is 0 Å². The van der Waals surface area contributed by atoms with Crippen LogP contribution in [0.2, 0.25) is 0 Å². The molecule has 0 fully saturated rings. The van der Waals surface area contributed by atoms with Crippen LogP contribution < -0.4 is 10.6 Å². The van der Waals surface area contributed by atoms with E-state index in [4.69, 9.17) is 0 Å². The van der Waals surface area contributed by atoms with Gasteiger partial charge in [-0.3, -0.25) is 4.21 Å². The molecular formula is C18H22N2O3S. The Kier molecular flexibility index (Phi) is 6.11. The highest BCUT2D eigenvalue weighted by molar-refractivity contribution is 7.84. The van der Waals surface area contributed by atoms with Crippen LogP contribution in [0.3, 0.4) is 0 Å². The Labute approximate surface area is 144 Å². The van der Waals surface area contributed by atoms with Crippen molar-refractivity contribution in [1.82, 2.24) is 5.32 Å². The smallest absolute Gasteiger partial charge is 0.319 e. The van der Waals surface area contributed by atoms with Crippen molar-refractivity contribution < 1.29 is 14.1 Å². The number of amides is 2. The molecule has 0 aromatic heterocycles. The highest BCUT2D eigenvalue weighted by Crippen LogP contribution is 2.16. The summed E-state index contributed by atoms with van der Waals surface area (Å²) in [6, 6.07) is 12.2. The molecule has 0 heterocycles. The molecule has 5 nitrogen and oxygen atoms in total. The molecule has 0 saturated carbocycles. The molecule has 24 heavy (non-hydrogen) atoms. The zero-order chi connectivity index (χ0) is 17.7. The quantitative estimate of drug-likeness (QED) is 0.779. The van der Waals surface area contributed by atoms with E-state index >= 15 is 0 Å². The molecule has 3 N–H and O–H groups in total. The van der Waals surface area contributed by atoms with Gasteiger partial charge in [-0.2, -0.15) is 0 Å². The predicted molar refractivity (Wildman–Crippen MR) is 96.7 cm³/mol. The fraction of sp³-hybridized carbons (Fsp3) is 0.278. The molecule has 0 saturated heterocycles. The number of carbonyl (C=O) groups is 1. The largest absolute Gasteiger partial charge is 0.387 e. The molecular weight excluding hydrogens is 324 g/mol. The number of benzene rings is 2. The van der Waals surface area contributed by atoms with E-state index in [1.165, 1.54) is 0 Å². The minimum absolute atomic E-state index is 0.117. The van der Waals surface area contributed by atoms with Crippen molar-refractivity contribution in [1.29, 1.82) is 0 Å². The van der Waals surface area contributed by atoms with Gasteiger partial charge in [-0.25, -0.2) is 4.79 Å². The van der Waals surface area contributed by atoms with E-state index < -0.39 is 22.9 Å². The average Bonchev–Trinajstić information content (AvgIpc) is 2.52. The van der Waals surface area contributed by atoms with Gasteiger partial charge in [-0.15, -0.1) is 0 Å². The molecule has 0 aliphatic rings. The van der Waals surface area contributed by atoms with Crippen molar-refractivity contribution >= 4 is 22.5 Å². The van der Waals surface area contributed by atoms with E-state index in [-0.39, 0.29) is 6.54 Å². The van der Waals surface area contributed by atoms with Crippen molar-refractivity contribution in [2.45, 2.75) is 24.8 Å². The second-order valence-corrected chi connectivity index (χ2v) is 7.13. The number of carbonyl (C=O) groups excluding carboxylic acids is 1. The lowest BCUT2D eigenvalue weighted by Gasteiger charge is -2.14. The van der Waals surface area contributed by atoms with Gasteiger partial charge >= 0.3 is 6.03 Å². The topological polar surface area (TPSA) is 78.4 Å². The molecule has 6 heteroatoms. The standard InChI is InChI=1S/C18H22N2O3S/c1-12-8-13(2)10-14(9-12)17(21)11-19-18(22)20-15-4-6-16(7-5-15)24(3)23/h4-10,17,21H,11H2,1-3H3,(H2,19,20,22)/t17-,24-/m1/s1. The van der Waals surface area contributed by atoms with Crippen LogP contribution in [0.5, 0.6) is 0 Å². The average molecular weight is 346 g/mol. The molecule has 2 amide bonds. The van der Waals surface area contributed by atoms with E-state index in [1.54, 1.807) is 30.5 Å². The Morgan fingerprint density at radius 2 is 1.71 bits per heavy atom. The van der Waals surface area contributed by atoms with Gasteiger partial charge in [0.05, 0.1) is 6.10 Å². The SMILES string of the molecule is Cc1cc(C)cc([C@H](O)CNC(=O)Nc2ccc([S@@](C)=O)cc2)c1. The van der Waals surface area contributed by atoms with Crippen LogP contribution in [0, 0.1) is 13.8 Å². The summed E-state index contributed by atoms with van der Waals surface area (Å²) in [5.74, 6) is 0. The molecule has 2 aromatic carbocycles. The maximum absolute atomic E-state index is 11.9. The van der Waals surface area contributed by atoms with Crippen molar-refractivity contribution in [2.24, 2.45) is 0 Å². The summed E-state index contributed by atoms with van der Waals surface area (Å²) in [5.41, 5.74) is 3.52. The van der Waals surface area contributed by atoms with Crippen LogP contribution in [0.1, 0.15) is 22.8 Å². The number of aryl methyl sites for hydroxylation is 2. The van der Waals surface area contributed by atoms with E-state index in [9.17, 15) is 14.1 Å². The third-order valence-corrected chi connectivity index (χ3v) is 4.46. The summed E-state index contributed by atoms with van der Waals surface area (Å²) >= 11 is 0. The Balaban J connectivity index is 1.89. The van der Waals surface area contributed by atoms with E-state index in [1.807, 2.05) is 32.0 Å². The molecule has 0 aliphatic carbocycles. The normalized spacial score (nSPS) is 13.2. The van der Waals surface area contributed by atoms with Gasteiger partial charge in [0, 0.05) is 34.2 Å². The number of anilines is 1. The fourth-order valence-corrected chi connectivity index (χ4v) is 2.93. The van der Waals surface area contributed by atoms with Crippen LogP contribution >= 0.6 is 0 Å². The molecule has 128 valence electrons. The Bertz CT molecular complexity index is 724. The third kappa shape index (κ3) is 5.18. The lowest BCUT2D eigenvalue weighted by atomic mass is 10.0.